The number of halogens is 1. The van der Waals surface area contributed by atoms with E-state index in [4.69, 9.17) is 16.3 Å². The van der Waals surface area contributed by atoms with Crippen LogP contribution in [0.2, 0.25) is 5.02 Å². The van der Waals surface area contributed by atoms with Crippen molar-refractivity contribution in [2.75, 3.05) is 26.2 Å². The molecule has 2 nitrogen and oxygen atoms in total. The van der Waals surface area contributed by atoms with Gasteiger partial charge in [-0.05, 0) is 49.5 Å². The maximum atomic E-state index is 6.16. The van der Waals surface area contributed by atoms with Gasteiger partial charge in [0.15, 0.2) is 0 Å². The largest absolute Gasteiger partial charge is 0.491 e. The molecule has 1 aliphatic rings. The highest BCUT2D eigenvalue weighted by Gasteiger charge is 2.11. The molecule has 3 heteroatoms. The minimum absolute atomic E-state index is 0.503. The summed E-state index contributed by atoms with van der Waals surface area (Å²) in [5.41, 5.74) is 1.27. The van der Waals surface area contributed by atoms with Crippen molar-refractivity contribution >= 4 is 11.6 Å². The van der Waals surface area contributed by atoms with Crippen molar-refractivity contribution in [3.8, 4) is 5.75 Å². The molecule has 0 spiro atoms. The van der Waals surface area contributed by atoms with Crippen molar-refractivity contribution in [3.05, 3.63) is 28.8 Å². The Hall–Kier alpha value is -0.730. The summed E-state index contributed by atoms with van der Waals surface area (Å²) in [4.78, 5) is 2.44. The zero-order chi connectivity index (χ0) is 15.0. The van der Waals surface area contributed by atoms with E-state index in [-0.39, 0.29) is 0 Å². The van der Waals surface area contributed by atoms with Crippen LogP contribution in [0.1, 0.15) is 52.0 Å². The van der Waals surface area contributed by atoms with Crippen LogP contribution in [0.3, 0.4) is 0 Å². The average Bonchev–Trinajstić information content (AvgIpc) is 2.96. The molecule has 0 N–H and O–H groups in total. The Morgan fingerprint density at radius 3 is 2.45 bits per heavy atom. The van der Waals surface area contributed by atoms with Gasteiger partial charge in [0.05, 0.1) is 5.02 Å². The minimum atomic E-state index is 0.503. The van der Waals surface area contributed by atoms with Crippen molar-refractivity contribution in [1.29, 1.82) is 0 Å². The van der Waals surface area contributed by atoms with Gasteiger partial charge in [0.2, 0.25) is 0 Å². The van der Waals surface area contributed by atoms with Crippen LogP contribution in [0.4, 0.5) is 0 Å². The highest BCUT2D eigenvalue weighted by molar-refractivity contribution is 6.32. The standard InChI is InChI=1S/C15H22ClNO.C2H6/c1-12(2)13-5-6-14(16)15(11-13)18-10-9-17-7-3-4-8-17;1-2/h5-6,11-12H,3-4,7-10H2,1-2H3;1-2H3. The van der Waals surface area contributed by atoms with Gasteiger partial charge in [-0.3, -0.25) is 4.90 Å². The van der Waals surface area contributed by atoms with Crippen LogP contribution in [0, 0.1) is 0 Å². The molecule has 0 atom stereocenters. The Balaban J connectivity index is 0.000000956. The summed E-state index contributed by atoms with van der Waals surface area (Å²) < 4.78 is 5.82. The molecule has 1 saturated heterocycles. The van der Waals surface area contributed by atoms with Crippen molar-refractivity contribution in [3.63, 3.8) is 0 Å². The average molecular weight is 298 g/mol. The van der Waals surface area contributed by atoms with Gasteiger partial charge in [0.1, 0.15) is 12.4 Å². The molecule has 0 bridgehead atoms. The Kier molecular flexibility index (Phi) is 8.01. The predicted molar refractivity (Wildman–Crippen MR) is 88.1 cm³/mol. The third-order valence-corrected chi connectivity index (χ3v) is 3.80. The fourth-order valence-corrected chi connectivity index (χ4v) is 2.45. The van der Waals surface area contributed by atoms with Gasteiger partial charge in [-0.25, -0.2) is 0 Å². The molecule has 0 radical (unpaired) electrons. The predicted octanol–water partition coefficient (Wildman–Crippen LogP) is 4.96. The lowest BCUT2D eigenvalue weighted by atomic mass is 10.0. The quantitative estimate of drug-likeness (QED) is 0.761. The second-order valence-corrected chi connectivity index (χ2v) is 5.65. The summed E-state index contributed by atoms with van der Waals surface area (Å²) >= 11 is 6.16. The molecular weight excluding hydrogens is 270 g/mol. The first-order valence-corrected chi connectivity index (χ1v) is 8.19. The van der Waals surface area contributed by atoms with Gasteiger partial charge in [0.25, 0.3) is 0 Å². The molecule has 114 valence electrons. The summed E-state index contributed by atoms with van der Waals surface area (Å²) in [5, 5.41) is 0.709. The van der Waals surface area contributed by atoms with Crippen LogP contribution in [-0.2, 0) is 0 Å². The van der Waals surface area contributed by atoms with Crippen molar-refractivity contribution in [2.45, 2.75) is 46.5 Å². The van der Waals surface area contributed by atoms with Gasteiger partial charge < -0.3 is 4.74 Å². The van der Waals surface area contributed by atoms with E-state index in [0.29, 0.717) is 10.9 Å². The Morgan fingerprint density at radius 1 is 1.20 bits per heavy atom. The first kappa shape index (κ1) is 17.3. The van der Waals surface area contributed by atoms with Crippen LogP contribution in [0.15, 0.2) is 18.2 Å². The molecule has 0 aromatic heterocycles. The lowest BCUT2D eigenvalue weighted by molar-refractivity contribution is 0.237. The maximum Gasteiger partial charge on any atom is 0.138 e. The van der Waals surface area contributed by atoms with E-state index in [1.54, 1.807) is 0 Å². The van der Waals surface area contributed by atoms with Crippen molar-refractivity contribution < 1.29 is 4.74 Å². The van der Waals surface area contributed by atoms with E-state index in [2.05, 4.69) is 30.9 Å². The zero-order valence-electron chi connectivity index (χ0n) is 13.3. The summed E-state index contributed by atoms with van der Waals surface area (Å²) in [7, 11) is 0. The molecule has 0 saturated carbocycles. The van der Waals surface area contributed by atoms with E-state index in [0.717, 1.165) is 18.9 Å². The number of likely N-dealkylation sites (tertiary alicyclic amines) is 1. The van der Waals surface area contributed by atoms with E-state index >= 15 is 0 Å². The van der Waals surface area contributed by atoms with Gasteiger partial charge in [-0.15, -0.1) is 0 Å². The van der Waals surface area contributed by atoms with Crippen molar-refractivity contribution in [1.82, 2.24) is 4.90 Å². The summed E-state index contributed by atoms with van der Waals surface area (Å²) in [5.74, 6) is 1.32. The molecule has 2 rings (SSSR count). The fourth-order valence-electron chi connectivity index (χ4n) is 2.28. The van der Waals surface area contributed by atoms with Gasteiger partial charge in [0, 0.05) is 6.54 Å². The number of nitrogens with zero attached hydrogens (tertiary/aromatic N) is 1. The summed E-state index contributed by atoms with van der Waals surface area (Å²) in [6.45, 7) is 12.5. The smallest absolute Gasteiger partial charge is 0.138 e. The molecule has 1 aromatic carbocycles. The Morgan fingerprint density at radius 2 is 1.85 bits per heavy atom. The second-order valence-electron chi connectivity index (χ2n) is 5.24. The first-order chi connectivity index (χ1) is 9.66. The fraction of sp³-hybridized carbons (Fsp3) is 0.647. The molecule has 0 aliphatic carbocycles. The van der Waals surface area contributed by atoms with Crippen LogP contribution in [0.5, 0.6) is 5.75 Å². The monoisotopic (exact) mass is 297 g/mol. The normalized spacial score (nSPS) is 15.1. The van der Waals surface area contributed by atoms with Crippen LogP contribution < -0.4 is 4.74 Å². The molecule has 0 unspecified atom stereocenters. The second kappa shape index (κ2) is 9.25. The highest BCUT2D eigenvalue weighted by atomic mass is 35.5. The lowest BCUT2D eigenvalue weighted by Crippen LogP contribution is -2.25. The third kappa shape index (κ3) is 5.34. The third-order valence-electron chi connectivity index (χ3n) is 3.49. The Labute approximate surface area is 129 Å². The molecular formula is C17H28ClNO. The number of hydrogen-bond donors (Lipinski definition) is 0. The molecule has 1 fully saturated rings. The van der Waals surface area contributed by atoms with Gasteiger partial charge in [-0.1, -0.05) is 45.4 Å². The summed E-state index contributed by atoms with van der Waals surface area (Å²) in [6, 6.07) is 6.07. The van der Waals surface area contributed by atoms with E-state index in [1.165, 1.54) is 31.5 Å². The van der Waals surface area contributed by atoms with E-state index in [1.807, 2.05) is 19.9 Å². The molecule has 0 amide bonds. The summed E-state index contributed by atoms with van der Waals surface area (Å²) in [6.07, 6.45) is 2.65. The van der Waals surface area contributed by atoms with Gasteiger partial charge >= 0.3 is 0 Å². The molecule has 1 heterocycles. The number of hydrogen-bond acceptors (Lipinski definition) is 2. The maximum absolute atomic E-state index is 6.16. The lowest BCUT2D eigenvalue weighted by Gasteiger charge is -2.16. The van der Waals surface area contributed by atoms with Gasteiger partial charge in [-0.2, -0.15) is 0 Å². The highest BCUT2D eigenvalue weighted by Crippen LogP contribution is 2.28. The van der Waals surface area contributed by atoms with Crippen molar-refractivity contribution in [2.24, 2.45) is 0 Å². The Bertz CT molecular complexity index is 387. The minimum Gasteiger partial charge on any atom is -0.491 e. The first-order valence-electron chi connectivity index (χ1n) is 7.81. The topological polar surface area (TPSA) is 12.5 Å². The number of rotatable bonds is 5. The molecule has 1 aliphatic heterocycles. The van der Waals surface area contributed by atoms with Crippen LogP contribution in [0.25, 0.3) is 0 Å². The van der Waals surface area contributed by atoms with Crippen LogP contribution in [-0.4, -0.2) is 31.1 Å². The number of benzene rings is 1. The van der Waals surface area contributed by atoms with E-state index < -0.39 is 0 Å². The zero-order valence-corrected chi connectivity index (χ0v) is 14.0. The van der Waals surface area contributed by atoms with E-state index in [9.17, 15) is 0 Å². The molecule has 20 heavy (non-hydrogen) atoms. The molecule has 1 aromatic rings. The SMILES string of the molecule is CC.CC(C)c1ccc(Cl)c(OCCN2CCCC2)c1. The number of ether oxygens (including phenoxy) is 1. The van der Waals surface area contributed by atoms with Crippen LogP contribution >= 0.6 is 11.6 Å².